The third-order valence-electron chi connectivity index (χ3n) is 5.54. The molecule has 2 N–H and O–H groups in total. The van der Waals surface area contributed by atoms with Crippen molar-refractivity contribution in [1.29, 1.82) is 0 Å². The van der Waals surface area contributed by atoms with Gasteiger partial charge in [0.2, 0.25) is 15.9 Å². The number of hydrogen-bond donors (Lipinski definition) is 2. The molecule has 1 aliphatic heterocycles. The Morgan fingerprint density at radius 1 is 1.22 bits per heavy atom. The van der Waals surface area contributed by atoms with Gasteiger partial charge in [0.15, 0.2) is 11.5 Å². The fraction of sp³-hybridized carbons (Fsp3) is 0.364. The number of sulfonamides is 1. The zero-order valence-electron chi connectivity index (χ0n) is 19.5. The number of halogens is 1. The topological polar surface area (TPSA) is 155 Å². The minimum absolute atomic E-state index is 0.0943. The summed E-state index contributed by atoms with van der Waals surface area (Å²) in [6.45, 7) is 0.691. The quantitative estimate of drug-likeness (QED) is 0.422. The van der Waals surface area contributed by atoms with Gasteiger partial charge in [-0.05, 0) is 18.6 Å². The highest BCUT2D eigenvalue weighted by atomic mass is 32.2. The summed E-state index contributed by atoms with van der Waals surface area (Å²) in [5.74, 6) is -1.52. The number of benzene rings is 1. The molecule has 0 bridgehead atoms. The SMILES string of the molecule is COc1cccc(OC)c1-n1c(C2CCOC2)nc(O)c(NS(=O)(=O)CCc2ncc(F)cn2)c1=O. The largest absolute Gasteiger partial charge is 0.494 e. The summed E-state index contributed by atoms with van der Waals surface area (Å²) in [5.41, 5.74) is -1.33. The zero-order chi connectivity index (χ0) is 25.9. The van der Waals surface area contributed by atoms with Gasteiger partial charge in [-0.15, -0.1) is 0 Å². The molecule has 0 saturated carbocycles. The lowest BCUT2D eigenvalue weighted by Crippen LogP contribution is -2.31. The van der Waals surface area contributed by atoms with Crippen molar-refractivity contribution in [2.45, 2.75) is 18.8 Å². The fourth-order valence-electron chi connectivity index (χ4n) is 3.80. The van der Waals surface area contributed by atoms with Crippen molar-refractivity contribution in [2.24, 2.45) is 0 Å². The van der Waals surface area contributed by atoms with Crippen LogP contribution < -0.4 is 19.8 Å². The van der Waals surface area contributed by atoms with Crippen molar-refractivity contribution < 1.29 is 32.1 Å². The average molecular weight is 522 g/mol. The summed E-state index contributed by atoms with van der Waals surface area (Å²) in [6.07, 6.45) is 2.22. The minimum Gasteiger partial charge on any atom is -0.494 e. The summed E-state index contributed by atoms with van der Waals surface area (Å²) in [4.78, 5) is 25.4. The Hall–Kier alpha value is -3.78. The Morgan fingerprint density at radius 3 is 2.47 bits per heavy atom. The van der Waals surface area contributed by atoms with Crippen molar-refractivity contribution >= 4 is 15.7 Å². The van der Waals surface area contributed by atoms with Crippen LogP contribution >= 0.6 is 0 Å². The molecule has 0 amide bonds. The highest BCUT2D eigenvalue weighted by molar-refractivity contribution is 7.92. The molecule has 14 heteroatoms. The number of anilines is 1. The van der Waals surface area contributed by atoms with Crippen molar-refractivity contribution in [3.63, 3.8) is 0 Å². The molecular weight excluding hydrogens is 497 g/mol. The van der Waals surface area contributed by atoms with Gasteiger partial charge < -0.3 is 19.3 Å². The van der Waals surface area contributed by atoms with Crippen LogP contribution in [0.4, 0.5) is 10.1 Å². The molecule has 0 spiro atoms. The Balaban J connectivity index is 1.79. The Labute approximate surface area is 205 Å². The molecule has 1 aromatic carbocycles. The highest BCUT2D eigenvalue weighted by Crippen LogP contribution is 2.36. The van der Waals surface area contributed by atoms with Crippen LogP contribution in [-0.2, 0) is 21.2 Å². The van der Waals surface area contributed by atoms with E-state index in [0.29, 0.717) is 13.0 Å². The minimum atomic E-state index is -4.17. The molecule has 0 aliphatic carbocycles. The molecule has 4 rings (SSSR count). The molecule has 36 heavy (non-hydrogen) atoms. The number of nitrogens with zero attached hydrogens (tertiary/aromatic N) is 4. The first kappa shape index (κ1) is 25.3. The Kier molecular flexibility index (Phi) is 7.35. The van der Waals surface area contributed by atoms with Gasteiger partial charge >= 0.3 is 0 Å². The van der Waals surface area contributed by atoms with Crippen LogP contribution in [0.25, 0.3) is 5.69 Å². The number of aromatic nitrogens is 4. The van der Waals surface area contributed by atoms with E-state index in [1.54, 1.807) is 18.2 Å². The molecule has 1 aliphatic rings. The second-order valence-corrected chi connectivity index (χ2v) is 9.71. The lowest BCUT2D eigenvalue weighted by atomic mass is 10.1. The van der Waals surface area contributed by atoms with Crippen molar-refractivity contribution in [2.75, 3.05) is 37.9 Å². The molecule has 1 atom stereocenters. The van der Waals surface area contributed by atoms with Crippen LogP contribution in [0.15, 0.2) is 35.4 Å². The van der Waals surface area contributed by atoms with E-state index >= 15 is 0 Å². The first-order chi connectivity index (χ1) is 17.2. The summed E-state index contributed by atoms with van der Waals surface area (Å²) in [5, 5.41) is 10.6. The van der Waals surface area contributed by atoms with Crippen LogP contribution in [-0.4, -0.2) is 66.2 Å². The van der Waals surface area contributed by atoms with E-state index in [9.17, 15) is 22.7 Å². The van der Waals surface area contributed by atoms with Gasteiger partial charge in [-0.3, -0.25) is 14.1 Å². The highest BCUT2D eigenvalue weighted by Gasteiger charge is 2.30. The van der Waals surface area contributed by atoms with E-state index in [2.05, 4.69) is 19.7 Å². The smallest absolute Gasteiger partial charge is 0.286 e. The number of rotatable bonds is 9. The second kappa shape index (κ2) is 10.5. The van der Waals surface area contributed by atoms with E-state index in [1.807, 2.05) is 0 Å². The summed E-state index contributed by atoms with van der Waals surface area (Å²) in [7, 11) is -1.35. The number of methoxy groups -OCH3 is 2. The van der Waals surface area contributed by atoms with E-state index in [-0.39, 0.29) is 47.8 Å². The van der Waals surface area contributed by atoms with Crippen LogP contribution in [0.5, 0.6) is 17.4 Å². The molecular formula is C22H24FN5O7S. The number of para-hydroxylation sites is 1. The van der Waals surface area contributed by atoms with Gasteiger partial charge in [-0.25, -0.2) is 22.8 Å². The summed E-state index contributed by atoms with van der Waals surface area (Å²) in [6, 6.07) is 4.89. The lowest BCUT2D eigenvalue weighted by molar-refractivity contribution is 0.192. The summed E-state index contributed by atoms with van der Waals surface area (Å²) < 4.78 is 58.2. The molecule has 192 valence electrons. The summed E-state index contributed by atoms with van der Waals surface area (Å²) >= 11 is 0. The number of aromatic hydroxyl groups is 1. The van der Waals surface area contributed by atoms with Crippen LogP contribution in [0.3, 0.4) is 0 Å². The number of aryl methyl sites for hydroxylation is 1. The van der Waals surface area contributed by atoms with E-state index in [0.717, 1.165) is 17.0 Å². The van der Waals surface area contributed by atoms with E-state index < -0.39 is 38.7 Å². The average Bonchev–Trinajstić information content (AvgIpc) is 3.40. The predicted molar refractivity (Wildman–Crippen MR) is 126 cm³/mol. The standard InChI is InChI=1S/C22H24FN5O7S/c1-33-15-4-3-5-16(34-2)19(15)28-20(13-6-8-35-12-13)26-21(29)18(22(28)30)27-36(31,32)9-7-17-24-10-14(23)11-25-17/h3-5,10-11,13,27,29H,6-9,12H2,1-2H3. The maximum Gasteiger partial charge on any atom is 0.286 e. The molecule has 1 saturated heterocycles. The molecule has 3 heterocycles. The van der Waals surface area contributed by atoms with Crippen LogP contribution in [0, 0.1) is 5.82 Å². The first-order valence-corrected chi connectivity index (χ1v) is 12.5. The molecule has 2 aromatic heterocycles. The molecule has 3 aromatic rings. The fourth-order valence-corrected chi connectivity index (χ4v) is 4.84. The van der Waals surface area contributed by atoms with Gasteiger partial charge in [0.25, 0.3) is 5.56 Å². The second-order valence-electron chi connectivity index (χ2n) is 7.87. The van der Waals surface area contributed by atoms with Gasteiger partial charge in [-0.2, -0.15) is 4.98 Å². The lowest BCUT2D eigenvalue weighted by Gasteiger charge is -2.21. The van der Waals surface area contributed by atoms with E-state index in [4.69, 9.17) is 14.2 Å². The molecule has 12 nitrogen and oxygen atoms in total. The van der Waals surface area contributed by atoms with E-state index in [1.165, 1.54) is 14.2 Å². The van der Waals surface area contributed by atoms with Gasteiger partial charge in [0, 0.05) is 18.9 Å². The van der Waals surface area contributed by atoms with Gasteiger partial charge in [-0.1, -0.05) is 6.07 Å². The van der Waals surface area contributed by atoms with Gasteiger partial charge in [0.05, 0.1) is 39.0 Å². The normalized spacial score (nSPS) is 15.6. The third-order valence-corrected chi connectivity index (χ3v) is 6.79. The molecule has 1 unspecified atom stereocenters. The zero-order valence-corrected chi connectivity index (χ0v) is 20.3. The Morgan fingerprint density at radius 2 is 1.89 bits per heavy atom. The Bertz CT molecular complexity index is 1390. The van der Waals surface area contributed by atoms with Crippen molar-refractivity contribution in [3.8, 4) is 23.1 Å². The molecule has 0 radical (unpaired) electrons. The number of hydrogen-bond acceptors (Lipinski definition) is 10. The maximum atomic E-state index is 13.7. The molecule has 1 fully saturated rings. The predicted octanol–water partition coefficient (Wildman–Crippen LogP) is 1.37. The number of ether oxygens (including phenoxy) is 3. The van der Waals surface area contributed by atoms with Crippen LogP contribution in [0.2, 0.25) is 0 Å². The van der Waals surface area contributed by atoms with Crippen molar-refractivity contribution in [1.82, 2.24) is 19.5 Å². The van der Waals surface area contributed by atoms with Gasteiger partial charge in [0.1, 0.15) is 28.8 Å². The number of nitrogens with one attached hydrogen (secondary N) is 1. The van der Waals surface area contributed by atoms with Crippen LogP contribution in [0.1, 0.15) is 24.0 Å². The van der Waals surface area contributed by atoms with Crippen molar-refractivity contribution in [3.05, 3.63) is 58.4 Å². The first-order valence-electron chi connectivity index (χ1n) is 10.9. The maximum absolute atomic E-state index is 13.7. The third kappa shape index (κ3) is 5.23. The monoisotopic (exact) mass is 521 g/mol.